The van der Waals surface area contributed by atoms with Crippen molar-refractivity contribution >= 4 is 12.0 Å². The molecule has 0 radical (unpaired) electrons. The lowest BCUT2D eigenvalue weighted by Crippen LogP contribution is -2.51. The molecule has 22 heavy (non-hydrogen) atoms. The molecule has 5 heteroatoms. The molecule has 120 valence electrons. The molecule has 0 bridgehead atoms. The second kappa shape index (κ2) is 8.22. The lowest BCUT2D eigenvalue weighted by atomic mass is 10.1. The summed E-state index contributed by atoms with van der Waals surface area (Å²) in [5.74, 6) is -1.08. The van der Waals surface area contributed by atoms with Gasteiger partial charge in [0.25, 0.3) is 0 Å². The van der Waals surface area contributed by atoms with Crippen LogP contribution in [0.15, 0.2) is 42.5 Å². The Labute approximate surface area is 131 Å². The molecule has 0 spiro atoms. The molecular formula is C17H24N2O3. The molecule has 0 fully saturated rings. The van der Waals surface area contributed by atoms with E-state index in [1.807, 2.05) is 51.1 Å². The lowest BCUT2D eigenvalue weighted by molar-refractivity contribution is -0.137. The molecule has 0 aromatic heterocycles. The number of aliphatic carboxylic acids is 1. The summed E-state index contributed by atoms with van der Waals surface area (Å²) in [6, 6.07) is 8.42. The van der Waals surface area contributed by atoms with Crippen molar-refractivity contribution in [3.05, 3.63) is 48.0 Å². The largest absolute Gasteiger partial charge is 0.479 e. The number of urea groups is 1. The minimum Gasteiger partial charge on any atom is -0.479 e. The van der Waals surface area contributed by atoms with Crippen molar-refractivity contribution in [3.8, 4) is 0 Å². The van der Waals surface area contributed by atoms with Crippen LogP contribution >= 0.6 is 0 Å². The molecule has 1 atom stereocenters. The molecule has 0 aliphatic carbocycles. The summed E-state index contributed by atoms with van der Waals surface area (Å²) in [5, 5.41) is 14.3. The smallest absolute Gasteiger partial charge is 0.330 e. The zero-order valence-corrected chi connectivity index (χ0v) is 13.3. The maximum absolute atomic E-state index is 11.7. The van der Waals surface area contributed by atoms with Crippen LogP contribution in [0.5, 0.6) is 0 Å². The Hall–Kier alpha value is -2.30. The summed E-state index contributed by atoms with van der Waals surface area (Å²) in [6.45, 7) is 5.49. The number of rotatable bonds is 6. The molecule has 2 amide bonds. The zero-order valence-electron chi connectivity index (χ0n) is 13.3. The molecule has 1 aromatic rings. The molecule has 3 N–H and O–H groups in total. The number of carbonyl (C=O) groups is 2. The minimum absolute atomic E-state index is 0.413. The Morgan fingerprint density at radius 2 is 1.86 bits per heavy atom. The average Bonchev–Trinajstić information content (AvgIpc) is 2.41. The predicted octanol–water partition coefficient (Wildman–Crippen LogP) is 2.73. The van der Waals surface area contributed by atoms with Crippen molar-refractivity contribution in [1.29, 1.82) is 0 Å². The van der Waals surface area contributed by atoms with E-state index in [-0.39, 0.29) is 0 Å². The molecule has 0 unspecified atom stereocenters. The van der Waals surface area contributed by atoms with Gasteiger partial charge in [0, 0.05) is 5.54 Å². The Morgan fingerprint density at radius 3 is 2.41 bits per heavy atom. The molecule has 5 nitrogen and oxygen atoms in total. The number of nitrogens with one attached hydrogen (secondary N) is 2. The van der Waals surface area contributed by atoms with Gasteiger partial charge in [0.2, 0.25) is 0 Å². The van der Waals surface area contributed by atoms with Crippen LogP contribution in [0.1, 0.15) is 32.8 Å². The van der Waals surface area contributed by atoms with E-state index in [0.29, 0.717) is 0 Å². The van der Waals surface area contributed by atoms with Crippen molar-refractivity contribution in [2.45, 2.75) is 45.2 Å². The number of amides is 2. The van der Waals surface area contributed by atoms with E-state index in [1.54, 1.807) is 6.08 Å². The first kappa shape index (κ1) is 17.8. The first-order valence-corrected chi connectivity index (χ1v) is 7.30. The normalized spacial score (nSPS) is 12.9. The van der Waals surface area contributed by atoms with Gasteiger partial charge in [-0.15, -0.1) is 0 Å². The van der Waals surface area contributed by atoms with Crippen molar-refractivity contribution in [3.63, 3.8) is 0 Å². The van der Waals surface area contributed by atoms with Crippen LogP contribution in [0.3, 0.4) is 0 Å². The number of allylic oxidation sites excluding steroid dienone is 1. The minimum atomic E-state index is -1.08. The highest BCUT2D eigenvalue weighted by atomic mass is 16.4. The first-order valence-electron chi connectivity index (χ1n) is 7.30. The molecule has 0 heterocycles. The fourth-order valence-corrected chi connectivity index (χ4v) is 1.84. The molecular weight excluding hydrogens is 280 g/mol. The molecule has 1 rings (SSSR count). The number of carbonyl (C=O) groups excluding carboxylic acids is 1. The Balaban J connectivity index is 2.48. The number of carboxylic acids is 1. The van der Waals surface area contributed by atoms with E-state index in [4.69, 9.17) is 5.11 Å². The van der Waals surface area contributed by atoms with Crippen molar-refractivity contribution in [2.24, 2.45) is 0 Å². The standard InChI is InChI=1S/C17H24N2O3/c1-17(2,3)19-16(22)18-14(15(20)21)12-8-7-11-13-9-5-4-6-10-13/h4-6,8-10,12,14H,7,11H2,1-3H3,(H,20,21)(H2,18,19,22)/b12-8-/t14-/m0/s1. The summed E-state index contributed by atoms with van der Waals surface area (Å²) in [5.41, 5.74) is 0.780. The van der Waals surface area contributed by atoms with Crippen LogP contribution in [0.25, 0.3) is 0 Å². The maximum atomic E-state index is 11.7. The van der Waals surface area contributed by atoms with Gasteiger partial charge in [-0.3, -0.25) is 0 Å². The number of hydrogen-bond acceptors (Lipinski definition) is 2. The van der Waals surface area contributed by atoms with Crippen molar-refractivity contribution < 1.29 is 14.7 Å². The number of benzene rings is 1. The van der Waals surface area contributed by atoms with E-state index in [0.717, 1.165) is 12.8 Å². The van der Waals surface area contributed by atoms with E-state index in [1.165, 1.54) is 11.6 Å². The van der Waals surface area contributed by atoms with E-state index in [9.17, 15) is 9.59 Å². The van der Waals surface area contributed by atoms with Crippen LogP contribution in [0, 0.1) is 0 Å². The zero-order chi connectivity index (χ0) is 16.6. The highest BCUT2D eigenvalue weighted by Gasteiger charge is 2.19. The van der Waals surface area contributed by atoms with Gasteiger partial charge in [-0.1, -0.05) is 42.5 Å². The molecule has 0 saturated heterocycles. The van der Waals surface area contributed by atoms with Crippen molar-refractivity contribution in [2.75, 3.05) is 0 Å². The van der Waals surface area contributed by atoms with Gasteiger partial charge in [-0.25, -0.2) is 9.59 Å². The SMILES string of the molecule is CC(C)(C)NC(=O)N[C@@H](/C=C\CCc1ccccc1)C(=O)O. The number of hydrogen-bond donors (Lipinski definition) is 3. The Kier molecular flexibility index (Phi) is 6.63. The summed E-state index contributed by atoms with van der Waals surface area (Å²) in [6.07, 6.45) is 4.84. The maximum Gasteiger partial charge on any atom is 0.330 e. The summed E-state index contributed by atoms with van der Waals surface area (Å²) in [7, 11) is 0. The average molecular weight is 304 g/mol. The van der Waals surface area contributed by atoms with Crippen LogP contribution < -0.4 is 10.6 Å². The van der Waals surface area contributed by atoms with Crippen molar-refractivity contribution in [1.82, 2.24) is 10.6 Å². The summed E-state index contributed by atoms with van der Waals surface area (Å²) < 4.78 is 0. The Bertz CT molecular complexity index is 518. The molecule has 0 aliphatic heterocycles. The Morgan fingerprint density at radius 1 is 1.23 bits per heavy atom. The van der Waals surface area contributed by atoms with Crippen LogP contribution in [-0.2, 0) is 11.2 Å². The fourth-order valence-electron chi connectivity index (χ4n) is 1.84. The third-order valence-electron chi connectivity index (χ3n) is 2.81. The van der Waals surface area contributed by atoms with E-state index < -0.39 is 23.6 Å². The third kappa shape index (κ3) is 7.47. The number of carboxylic acid groups (broad SMARTS) is 1. The molecule has 0 saturated carbocycles. The van der Waals surface area contributed by atoms with Gasteiger partial charge in [-0.05, 0) is 39.2 Å². The predicted molar refractivity (Wildman–Crippen MR) is 86.7 cm³/mol. The van der Waals surface area contributed by atoms with Crippen LogP contribution in [0.2, 0.25) is 0 Å². The lowest BCUT2D eigenvalue weighted by Gasteiger charge is -2.22. The van der Waals surface area contributed by atoms with Gasteiger partial charge in [-0.2, -0.15) is 0 Å². The monoisotopic (exact) mass is 304 g/mol. The van der Waals surface area contributed by atoms with Gasteiger partial charge in [0.15, 0.2) is 0 Å². The third-order valence-corrected chi connectivity index (χ3v) is 2.81. The van der Waals surface area contributed by atoms with E-state index in [2.05, 4.69) is 10.6 Å². The second-order valence-corrected chi connectivity index (χ2v) is 6.12. The first-order chi connectivity index (χ1) is 10.3. The summed E-state index contributed by atoms with van der Waals surface area (Å²) in [4.78, 5) is 22.9. The van der Waals surface area contributed by atoms with Crippen LogP contribution in [0.4, 0.5) is 4.79 Å². The van der Waals surface area contributed by atoms with E-state index >= 15 is 0 Å². The molecule has 0 aliphatic rings. The van der Waals surface area contributed by atoms with Gasteiger partial charge in [0.1, 0.15) is 6.04 Å². The highest BCUT2D eigenvalue weighted by Crippen LogP contribution is 2.03. The quantitative estimate of drug-likeness (QED) is 0.707. The van der Waals surface area contributed by atoms with Crippen LogP contribution in [-0.4, -0.2) is 28.7 Å². The topological polar surface area (TPSA) is 78.4 Å². The number of aryl methyl sites for hydroxylation is 1. The summed E-state index contributed by atoms with van der Waals surface area (Å²) >= 11 is 0. The van der Waals surface area contributed by atoms with Gasteiger partial charge < -0.3 is 15.7 Å². The molecule has 1 aromatic carbocycles. The second-order valence-electron chi connectivity index (χ2n) is 6.12. The van der Waals surface area contributed by atoms with Gasteiger partial charge in [0.05, 0.1) is 0 Å². The highest BCUT2D eigenvalue weighted by molar-refractivity contribution is 5.84. The fraction of sp³-hybridized carbons (Fsp3) is 0.412. The van der Waals surface area contributed by atoms with Gasteiger partial charge >= 0.3 is 12.0 Å².